The highest BCUT2D eigenvalue weighted by Crippen LogP contribution is 2.15. The van der Waals surface area contributed by atoms with E-state index < -0.39 is 0 Å². The van der Waals surface area contributed by atoms with Crippen molar-refractivity contribution in [3.63, 3.8) is 0 Å². The number of halogens is 3. The molecule has 0 atom stereocenters. The maximum atomic E-state index is 12.6. The zero-order valence-electron chi connectivity index (χ0n) is 32.0. The van der Waals surface area contributed by atoms with Gasteiger partial charge in [0.2, 0.25) is 0 Å². The van der Waals surface area contributed by atoms with Gasteiger partial charge < -0.3 is 0 Å². The molecule has 2 aromatic carbocycles. The lowest BCUT2D eigenvalue weighted by Crippen LogP contribution is -1.86. The van der Waals surface area contributed by atoms with Gasteiger partial charge in [-0.2, -0.15) is 10.2 Å². The molecule has 0 N–H and O–H groups in total. The van der Waals surface area contributed by atoms with Crippen LogP contribution in [0.1, 0.15) is 105 Å². The zero-order valence-corrected chi connectivity index (χ0v) is 34.3. The van der Waals surface area contributed by atoms with Crippen molar-refractivity contribution in [1.82, 2.24) is 30.1 Å². The molecule has 4 heterocycles. The van der Waals surface area contributed by atoms with Gasteiger partial charge in [-0.15, -0.1) is 0 Å². The van der Waals surface area contributed by atoms with E-state index in [9.17, 15) is 4.39 Å². The van der Waals surface area contributed by atoms with Gasteiger partial charge in [0.1, 0.15) is 16.2 Å². The lowest BCUT2D eigenvalue weighted by atomic mass is 10.2. The van der Waals surface area contributed by atoms with Crippen LogP contribution in [0, 0.1) is 88.9 Å². The topological polar surface area (TPSA) is 77.3 Å². The first kappa shape index (κ1) is 60.8. The van der Waals surface area contributed by atoms with E-state index in [1.54, 1.807) is 13.0 Å². The van der Waals surface area contributed by atoms with Crippen molar-refractivity contribution in [3.05, 3.63) is 174 Å². The van der Waals surface area contributed by atoms with E-state index in [4.69, 9.17) is 11.6 Å². The maximum absolute atomic E-state index is 12.6. The average molecular weight is 854 g/mol. The summed E-state index contributed by atoms with van der Waals surface area (Å²) in [5.41, 5.74) is 11.6. The first-order chi connectivity index (χ1) is 24.0. The monoisotopic (exact) mass is 852 g/mol. The molecule has 56 heavy (non-hydrogen) atoms. The predicted molar refractivity (Wildman–Crippen MR) is 249 cm³/mol. The van der Waals surface area contributed by atoms with Crippen molar-refractivity contribution in [1.29, 1.82) is 0 Å². The van der Waals surface area contributed by atoms with Gasteiger partial charge in [-0.3, -0.25) is 4.98 Å². The number of benzene rings is 2. The Kier molecular flexibility index (Phi) is 35.6. The van der Waals surface area contributed by atoms with E-state index >= 15 is 0 Å². The van der Waals surface area contributed by atoms with Crippen molar-refractivity contribution in [2.75, 3.05) is 0 Å². The molecule has 6 nitrogen and oxygen atoms in total. The zero-order chi connectivity index (χ0) is 38.5. The van der Waals surface area contributed by atoms with E-state index in [-0.39, 0.29) is 43.0 Å². The molecule has 6 rings (SSSR count). The van der Waals surface area contributed by atoms with Crippen molar-refractivity contribution in [2.24, 2.45) is 0 Å². The van der Waals surface area contributed by atoms with Gasteiger partial charge in [0.15, 0.2) is 0 Å². The fraction of sp³-hybridized carbons (Fsp3) is 0.362. The summed E-state index contributed by atoms with van der Waals surface area (Å²) in [5, 5.41) is 8.51. The SMILES string of the molecule is C.C.C.C.C.Cc1ccc(C)c(Br)n1.Cc1ccc(C)c(Cl)c1.Cc1ccc(C)c(F)c1.Cc1ccc(C)nc1.Cc1ccc(C)nn1.Cc1cnc(C)nc1. The van der Waals surface area contributed by atoms with E-state index in [2.05, 4.69) is 58.2 Å². The Labute approximate surface area is 355 Å². The number of hydrogen-bond donors (Lipinski definition) is 0. The highest BCUT2D eigenvalue weighted by molar-refractivity contribution is 9.10. The molecule has 6 aromatic rings. The summed E-state index contributed by atoms with van der Waals surface area (Å²) in [7, 11) is 0. The van der Waals surface area contributed by atoms with Crippen molar-refractivity contribution < 1.29 is 4.39 Å². The molecular formula is C47H71BrClFN6. The number of pyridine rings is 2. The minimum Gasteiger partial charge on any atom is -0.261 e. The second-order valence-corrected chi connectivity index (χ2v) is 13.3. The summed E-state index contributed by atoms with van der Waals surface area (Å²) in [6, 6.07) is 23.3. The standard InChI is InChI=1S/C8H9Cl.C8H9F.C7H8BrN.C7H9N.2C6H8N2.5CH4/c2*1-6-3-4-7(2)8(9)5-6;1-5-3-4-6(2)9-7(5)8;1-6-3-4-7(2)8-5-6;1-5-3-7-6(2)8-4-5;1-5-3-4-6(2)8-7-5;;;;;/h2*3-5H,1-2H3;3-4H,1-2H3;3-5H,1-2H3;2*3-4H,1-2H3;5*1H4. The minimum absolute atomic E-state index is 0. The second-order valence-electron chi connectivity index (χ2n) is 12.2. The average Bonchev–Trinajstić information content (AvgIpc) is 3.08. The van der Waals surface area contributed by atoms with Crippen LogP contribution in [0.5, 0.6) is 0 Å². The van der Waals surface area contributed by atoms with E-state index in [1.807, 2.05) is 143 Å². The molecule has 0 spiro atoms. The quantitative estimate of drug-likeness (QED) is 0.142. The molecule has 4 aromatic heterocycles. The van der Waals surface area contributed by atoms with Gasteiger partial charge in [0.05, 0.1) is 11.4 Å². The Morgan fingerprint density at radius 2 is 0.857 bits per heavy atom. The van der Waals surface area contributed by atoms with E-state index in [1.165, 1.54) is 22.8 Å². The molecule has 0 saturated carbocycles. The molecule has 0 radical (unpaired) electrons. The Morgan fingerprint density at radius 1 is 0.446 bits per heavy atom. The summed E-state index contributed by atoms with van der Waals surface area (Å²) in [5.74, 6) is 0.714. The van der Waals surface area contributed by atoms with Gasteiger partial charge in [0.25, 0.3) is 0 Å². The predicted octanol–water partition coefficient (Wildman–Crippen LogP) is 14.9. The number of aryl methyl sites for hydroxylation is 12. The molecule has 0 aliphatic heterocycles. The first-order valence-electron chi connectivity index (χ1n) is 16.4. The maximum Gasteiger partial charge on any atom is 0.126 e. The molecular weight excluding hydrogens is 783 g/mol. The van der Waals surface area contributed by atoms with Crippen LogP contribution in [0.15, 0.2) is 96.0 Å². The highest BCUT2D eigenvalue weighted by Gasteiger charge is 1.94. The van der Waals surface area contributed by atoms with Crippen LogP contribution in [0.4, 0.5) is 4.39 Å². The lowest BCUT2D eigenvalue weighted by molar-refractivity contribution is 0.617. The summed E-state index contributed by atoms with van der Waals surface area (Å²) in [6.45, 7) is 23.4. The fourth-order valence-corrected chi connectivity index (χ4v) is 4.10. The summed E-state index contributed by atoms with van der Waals surface area (Å²) < 4.78 is 13.5. The molecule has 0 bridgehead atoms. The van der Waals surface area contributed by atoms with E-state index in [0.717, 1.165) is 54.9 Å². The summed E-state index contributed by atoms with van der Waals surface area (Å²) in [6.07, 6.45) is 5.49. The third kappa shape index (κ3) is 28.1. The second kappa shape index (κ2) is 32.8. The number of aromatic nitrogens is 6. The van der Waals surface area contributed by atoms with Crippen LogP contribution >= 0.6 is 27.5 Å². The molecule has 0 aliphatic rings. The van der Waals surface area contributed by atoms with E-state index in [0.29, 0.717) is 5.56 Å². The number of hydrogen-bond acceptors (Lipinski definition) is 6. The van der Waals surface area contributed by atoms with Gasteiger partial charge >= 0.3 is 0 Å². The lowest BCUT2D eigenvalue weighted by Gasteiger charge is -1.96. The fourth-order valence-electron chi connectivity index (χ4n) is 3.45. The van der Waals surface area contributed by atoms with Crippen molar-refractivity contribution >= 4 is 27.5 Å². The summed E-state index contributed by atoms with van der Waals surface area (Å²) >= 11 is 9.15. The van der Waals surface area contributed by atoms with Crippen LogP contribution in [-0.2, 0) is 0 Å². The van der Waals surface area contributed by atoms with Crippen LogP contribution in [0.3, 0.4) is 0 Å². The Balaban J connectivity index is -0.000000183. The van der Waals surface area contributed by atoms with Gasteiger partial charge in [-0.05, 0) is 174 Å². The Hall–Kier alpha value is -4.40. The molecule has 310 valence electrons. The van der Waals surface area contributed by atoms with Gasteiger partial charge in [-0.1, -0.05) is 85.1 Å². The molecule has 0 unspecified atom stereocenters. The van der Waals surface area contributed by atoms with Crippen LogP contribution in [0.25, 0.3) is 0 Å². The van der Waals surface area contributed by atoms with Crippen molar-refractivity contribution in [3.8, 4) is 0 Å². The van der Waals surface area contributed by atoms with Crippen LogP contribution in [-0.4, -0.2) is 30.1 Å². The van der Waals surface area contributed by atoms with Gasteiger partial charge in [0, 0.05) is 35.0 Å². The molecule has 0 amide bonds. The molecule has 0 saturated heterocycles. The Morgan fingerprint density at radius 3 is 1.20 bits per heavy atom. The van der Waals surface area contributed by atoms with Crippen LogP contribution < -0.4 is 0 Å². The minimum atomic E-state index is -0.116. The third-order valence-corrected chi connectivity index (χ3v) is 7.94. The molecule has 0 aliphatic carbocycles. The van der Waals surface area contributed by atoms with Crippen LogP contribution in [0.2, 0.25) is 5.02 Å². The number of rotatable bonds is 0. The number of nitrogens with zero attached hydrogens (tertiary/aromatic N) is 6. The molecule has 9 heteroatoms. The first-order valence-corrected chi connectivity index (χ1v) is 17.6. The normalized spacial score (nSPS) is 8.62. The Bertz CT molecular complexity index is 1600. The highest BCUT2D eigenvalue weighted by atomic mass is 79.9. The third-order valence-electron chi connectivity index (χ3n) is 6.73. The molecule has 0 fully saturated rings. The largest absolute Gasteiger partial charge is 0.261 e. The van der Waals surface area contributed by atoms with Crippen molar-refractivity contribution in [2.45, 2.75) is 120 Å². The smallest absolute Gasteiger partial charge is 0.126 e. The summed E-state index contributed by atoms with van der Waals surface area (Å²) in [4.78, 5) is 16.2. The van der Waals surface area contributed by atoms with Gasteiger partial charge in [-0.25, -0.2) is 19.3 Å².